The van der Waals surface area contributed by atoms with E-state index in [1.54, 1.807) is 32.2 Å². The summed E-state index contributed by atoms with van der Waals surface area (Å²) < 4.78 is 33.7. The maximum atomic E-state index is 12.9. The molecule has 9 heteroatoms. The van der Waals surface area contributed by atoms with Crippen molar-refractivity contribution in [2.45, 2.75) is 18.7 Å². The molecule has 0 saturated carbocycles. The molecule has 29 heavy (non-hydrogen) atoms. The van der Waals surface area contributed by atoms with Crippen LogP contribution in [0.25, 0.3) is 6.08 Å². The van der Waals surface area contributed by atoms with Crippen LogP contribution in [0.5, 0.6) is 11.5 Å². The molecule has 0 aromatic heterocycles. The van der Waals surface area contributed by atoms with Gasteiger partial charge in [-0.15, -0.1) is 0 Å². The molecule has 0 spiro atoms. The lowest BCUT2D eigenvalue weighted by molar-refractivity contribution is -0.114. The molecule has 1 amide bonds. The normalized spacial score (nSPS) is 15.6. The molecule has 1 aliphatic rings. The highest BCUT2D eigenvalue weighted by Gasteiger charge is 2.29. The minimum Gasteiger partial charge on any atom is -0.493 e. The maximum absolute atomic E-state index is 12.9. The summed E-state index contributed by atoms with van der Waals surface area (Å²) in [5, 5.41) is 10.6. The first kappa shape index (κ1) is 20.6. The van der Waals surface area contributed by atoms with Gasteiger partial charge in [0.2, 0.25) is 10.0 Å². The molecule has 8 nitrogen and oxygen atoms in total. The van der Waals surface area contributed by atoms with Crippen molar-refractivity contribution in [1.29, 1.82) is 0 Å². The summed E-state index contributed by atoms with van der Waals surface area (Å²) in [4.78, 5) is 12.8. The van der Waals surface area contributed by atoms with Crippen molar-refractivity contribution in [2.24, 2.45) is 10.2 Å². The number of nitrogens with two attached hydrogens (primary N) is 1. The van der Waals surface area contributed by atoms with Gasteiger partial charge in [0, 0.05) is 0 Å². The highest BCUT2D eigenvalue weighted by molar-refractivity contribution is 7.89. The van der Waals surface area contributed by atoms with Gasteiger partial charge in [0.25, 0.3) is 5.91 Å². The number of hydrogen-bond acceptors (Lipinski definition) is 6. The molecule has 0 aliphatic carbocycles. The molecule has 3 rings (SSSR count). The van der Waals surface area contributed by atoms with Crippen LogP contribution in [0, 0.1) is 0 Å². The van der Waals surface area contributed by atoms with Crippen LogP contribution in [-0.2, 0) is 14.8 Å². The summed E-state index contributed by atoms with van der Waals surface area (Å²) in [6.45, 7) is 4.09. The number of primary sulfonamides is 1. The summed E-state index contributed by atoms with van der Waals surface area (Å²) in [5.41, 5.74) is 2.17. The first-order valence-electron chi connectivity index (χ1n) is 8.80. The summed E-state index contributed by atoms with van der Waals surface area (Å²) in [7, 11) is -2.24. The van der Waals surface area contributed by atoms with Crippen LogP contribution < -0.4 is 19.6 Å². The predicted molar refractivity (Wildman–Crippen MR) is 111 cm³/mol. The second kappa shape index (κ2) is 8.06. The van der Waals surface area contributed by atoms with Crippen LogP contribution in [0.3, 0.4) is 0 Å². The van der Waals surface area contributed by atoms with E-state index in [0.29, 0.717) is 35.1 Å². The standard InChI is InChI=1S/C20H21N3O5S/c1-4-28-19-12-14(5-10-18(19)27-3)11-17-13(2)22-23(20(17)24)15-6-8-16(9-7-15)29(21,25)26/h5-12H,4H2,1-3H3,(H2,21,25,26)/b17-11+. The number of hydrogen-bond donors (Lipinski definition) is 1. The van der Waals surface area contributed by atoms with Gasteiger partial charge in [0.05, 0.1) is 35.6 Å². The van der Waals surface area contributed by atoms with Crippen molar-refractivity contribution < 1.29 is 22.7 Å². The van der Waals surface area contributed by atoms with Gasteiger partial charge in [-0.05, 0) is 61.9 Å². The summed E-state index contributed by atoms with van der Waals surface area (Å²) in [5.74, 6) is 0.869. The van der Waals surface area contributed by atoms with Gasteiger partial charge in [0.1, 0.15) is 0 Å². The van der Waals surface area contributed by atoms with E-state index in [1.165, 1.54) is 29.3 Å². The number of nitrogens with zero attached hydrogens (tertiary/aromatic N) is 2. The smallest absolute Gasteiger partial charge is 0.280 e. The number of methoxy groups -OCH3 is 1. The molecule has 0 radical (unpaired) electrons. The van der Waals surface area contributed by atoms with Gasteiger partial charge in [-0.1, -0.05) is 6.07 Å². The fraction of sp³-hybridized carbons (Fsp3) is 0.200. The maximum Gasteiger partial charge on any atom is 0.280 e. The lowest BCUT2D eigenvalue weighted by Crippen LogP contribution is -2.21. The number of benzene rings is 2. The Balaban J connectivity index is 1.91. The number of carbonyl (C=O) groups is 1. The zero-order chi connectivity index (χ0) is 21.2. The van der Waals surface area contributed by atoms with E-state index >= 15 is 0 Å². The minimum absolute atomic E-state index is 0.0361. The second-order valence-electron chi connectivity index (χ2n) is 6.24. The van der Waals surface area contributed by atoms with Crippen LogP contribution in [0.15, 0.2) is 58.0 Å². The van der Waals surface area contributed by atoms with Gasteiger partial charge < -0.3 is 9.47 Å². The molecule has 152 valence electrons. The predicted octanol–water partition coefficient (Wildman–Crippen LogP) is 2.55. The number of amides is 1. The Morgan fingerprint density at radius 3 is 2.41 bits per heavy atom. The van der Waals surface area contributed by atoms with Crippen molar-refractivity contribution in [3.8, 4) is 11.5 Å². The summed E-state index contributed by atoms with van der Waals surface area (Å²) in [6.07, 6.45) is 1.72. The molecular formula is C20H21N3O5S. The van der Waals surface area contributed by atoms with Crippen LogP contribution in [0.1, 0.15) is 19.4 Å². The molecule has 2 aromatic rings. The van der Waals surface area contributed by atoms with Gasteiger partial charge in [0.15, 0.2) is 11.5 Å². The molecular weight excluding hydrogens is 394 g/mol. The third-order valence-electron chi connectivity index (χ3n) is 4.27. The molecule has 0 unspecified atom stereocenters. The van der Waals surface area contributed by atoms with Crippen LogP contribution in [-0.4, -0.2) is 33.8 Å². The molecule has 2 aromatic carbocycles. The van der Waals surface area contributed by atoms with Crippen molar-refractivity contribution in [2.75, 3.05) is 18.7 Å². The van der Waals surface area contributed by atoms with E-state index in [9.17, 15) is 13.2 Å². The average molecular weight is 415 g/mol. The van der Waals surface area contributed by atoms with Crippen LogP contribution in [0.4, 0.5) is 5.69 Å². The van der Waals surface area contributed by atoms with Crippen molar-refractivity contribution in [1.82, 2.24) is 0 Å². The van der Waals surface area contributed by atoms with Crippen molar-refractivity contribution in [3.63, 3.8) is 0 Å². The zero-order valence-corrected chi connectivity index (χ0v) is 17.1. The van der Waals surface area contributed by atoms with E-state index in [-0.39, 0.29) is 10.8 Å². The van der Waals surface area contributed by atoms with Crippen molar-refractivity contribution in [3.05, 3.63) is 53.6 Å². The Bertz CT molecular complexity index is 1110. The fourth-order valence-electron chi connectivity index (χ4n) is 2.85. The average Bonchev–Trinajstić information content (AvgIpc) is 2.96. The second-order valence-corrected chi connectivity index (χ2v) is 7.80. The van der Waals surface area contributed by atoms with Gasteiger partial charge >= 0.3 is 0 Å². The third-order valence-corrected chi connectivity index (χ3v) is 5.20. The fourth-order valence-corrected chi connectivity index (χ4v) is 3.37. The number of carbonyl (C=O) groups excluding carboxylic acids is 1. The number of sulfonamides is 1. The molecule has 2 N–H and O–H groups in total. The van der Waals surface area contributed by atoms with Gasteiger partial charge in [-0.3, -0.25) is 4.79 Å². The Morgan fingerprint density at radius 1 is 1.14 bits per heavy atom. The number of hydrazone groups is 1. The Labute approximate surface area is 169 Å². The third kappa shape index (κ3) is 4.30. The highest BCUT2D eigenvalue weighted by atomic mass is 32.2. The quantitative estimate of drug-likeness (QED) is 0.729. The van der Waals surface area contributed by atoms with E-state index < -0.39 is 10.0 Å². The number of rotatable bonds is 6. The van der Waals surface area contributed by atoms with Gasteiger partial charge in [-0.2, -0.15) is 10.1 Å². The lowest BCUT2D eigenvalue weighted by atomic mass is 10.1. The zero-order valence-electron chi connectivity index (χ0n) is 16.2. The highest BCUT2D eigenvalue weighted by Crippen LogP contribution is 2.30. The number of anilines is 1. The van der Waals surface area contributed by atoms with Crippen LogP contribution >= 0.6 is 0 Å². The van der Waals surface area contributed by atoms with Crippen molar-refractivity contribution >= 4 is 33.4 Å². The molecule has 0 bridgehead atoms. The SMILES string of the molecule is CCOc1cc(/C=C2/C(=O)N(c3ccc(S(N)(=O)=O)cc3)N=C2C)ccc1OC. The molecule has 0 saturated heterocycles. The monoisotopic (exact) mass is 415 g/mol. The topological polar surface area (TPSA) is 111 Å². The molecule has 0 atom stereocenters. The molecule has 1 heterocycles. The summed E-state index contributed by atoms with van der Waals surface area (Å²) in [6, 6.07) is 11.0. The Hall–Kier alpha value is -3.17. The minimum atomic E-state index is -3.81. The lowest BCUT2D eigenvalue weighted by Gasteiger charge is -2.12. The first-order chi connectivity index (χ1) is 13.7. The number of ether oxygens (including phenoxy) is 2. The Morgan fingerprint density at radius 2 is 1.83 bits per heavy atom. The molecule has 0 fully saturated rings. The largest absolute Gasteiger partial charge is 0.493 e. The van der Waals surface area contributed by atoms with Crippen LogP contribution in [0.2, 0.25) is 0 Å². The van der Waals surface area contributed by atoms with Gasteiger partial charge in [-0.25, -0.2) is 13.6 Å². The van der Waals surface area contributed by atoms with E-state index in [2.05, 4.69) is 5.10 Å². The molecule has 1 aliphatic heterocycles. The summed E-state index contributed by atoms with van der Waals surface area (Å²) >= 11 is 0. The van der Waals surface area contributed by atoms with E-state index in [1.807, 2.05) is 13.0 Å². The van der Waals surface area contributed by atoms with E-state index in [0.717, 1.165) is 5.56 Å². The Kier molecular flexibility index (Phi) is 5.71. The van der Waals surface area contributed by atoms with E-state index in [4.69, 9.17) is 14.6 Å². The first-order valence-corrected chi connectivity index (χ1v) is 10.3.